The number of carbonyl (C=O) groups excluding carboxylic acids is 1. The maximum Gasteiger partial charge on any atom is 0.407 e. The zero-order valence-corrected chi connectivity index (χ0v) is 20.1. The highest BCUT2D eigenvalue weighted by atomic mass is 16.6. The van der Waals surface area contributed by atoms with Gasteiger partial charge in [-0.05, 0) is 63.5 Å². The van der Waals surface area contributed by atoms with Gasteiger partial charge in [-0.15, -0.1) is 0 Å². The van der Waals surface area contributed by atoms with Crippen LogP contribution in [-0.2, 0) is 4.74 Å². The van der Waals surface area contributed by atoms with Gasteiger partial charge in [-0.3, -0.25) is 14.5 Å². The summed E-state index contributed by atoms with van der Waals surface area (Å²) in [5.41, 5.74) is 4.28. The van der Waals surface area contributed by atoms with Crippen molar-refractivity contribution in [2.24, 2.45) is 5.92 Å². The van der Waals surface area contributed by atoms with Crippen LogP contribution in [0.4, 0.5) is 16.6 Å². The van der Waals surface area contributed by atoms with E-state index in [0.29, 0.717) is 11.8 Å². The first-order chi connectivity index (χ1) is 17.5. The molecule has 0 aromatic carbocycles. The number of anilines is 2. The molecule has 0 spiro atoms. The number of pyridine rings is 1. The van der Waals surface area contributed by atoms with E-state index in [2.05, 4.69) is 30.8 Å². The molecule has 3 N–H and O–H groups in total. The van der Waals surface area contributed by atoms with Crippen molar-refractivity contribution in [1.82, 2.24) is 34.9 Å². The van der Waals surface area contributed by atoms with Crippen LogP contribution in [0.1, 0.15) is 55.8 Å². The summed E-state index contributed by atoms with van der Waals surface area (Å²) < 4.78 is 7.66. The number of hydrogen-bond acceptors (Lipinski definition) is 7. The number of aromatic amines is 1. The highest BCUT2D eigenvalue weighted by molar-refractivity contribution is 5.69. The smallest absolute Gasteiger partial charge is 0.407 e. The van der Waals surface area contributed by atoms with Gasteiger partial charge in [-0.2, -0.15) is 5.10 Å². The molecule has 4 aliphatic carbocycles. The topological polar surface area (TPSA) is 122 Å². The summed E-state index contributed by atoms with van der Waals surface area (Å²) in [6.07, 6.45) is 9.32. The number of aromatic nitrogens is 6. The Kier molecular flexibility index (Phi) is 4.77. The standard InChI is InChI=1S/C26H28N8O2/c1-15-14-34-23(28-15)10-21(19-4-2-3-7-27-19)29-24(34)30-22-9-20(32-33-22)17-5-6-18(8-17)36-25(35)31-26-11-16(12-26)13-26/h2-4,7,9-10,14,16-18H,5-6,8,11-13H2,1H3,(H,31,35)(H2,29,30,32,33). The number of ether oxygens (including phenoxy) is 1. The SMILES string of the molecule is Cc1cn2c(Nc3cc(C4CCC(OC(=O)NC56CC(C5)C6)C4)[nH]n3)nc(-c3ccccn3)cc2n1. The first-order valence-corrected chi connectivity index (χ1v) is 12.6. The van der Waals surface area contributed by atoms with E-state index in [0.717, 1.165) is 72.9 Å². The van der Waals surface area contributed by atoms with Crippen molar-refractivity contribution >= 4 is 23.5 Å². The molecule has 0 saturated heterocycles. The van der Waals surface area contributed by atoms with Gasteiger partial charge < -0.3 is 15.4 Å². The fourth-order valence-corrected chi connectivity index (χ4v) is 5.93. The van der Waals surface area contributed by atoms with E-state index < -0.39 is 0 Å². The van der Waals surface area contributed by atoms with E-state index in [9.17, 15) is 4.79 Å². The summed E-state index contributed by atoms with van der Waals surface area (Å²) in [7, 11) is 0. The first-order valence-electron chi connectivity index (χ1n) is 12.6. The molecule has 0 radical (unpaired) electrons. The molecule has 1 amide bonds. The summed E-state index contributed by atoms with van der Waals surface area (Å²) in [6, 6.07) is 9.70. The van der Waals surface area contributed by atoms with Crippen molar-refractivity contribution in [2.45, 2.75) is 63.0 Å². The third-order valence-electron chi connectivity index (χ3n) is 7.84. The van der Waals surface area contributed by atoms with Crippen LogP contribution in [0.25, 0.3) is 17.0 Å². The van der Waals surface area contributed by atoms with Crippen LogP contribution >= 0.6 is 0 Å². The minimum Gasteiger partial charge on any atom is -0.446 e. The number of fused-ring (bicyclic) bond motifs is 1. The van der Waals surface area contributed by atoms with E-state index in [4.69, 9.17) is 9.72 Å². The lowest BCUT2D eigenvalue weighted by Crippen LogP contribution is -2.68. The second kappa shape index (κ2) is 8.04. The minimum absolute atomic E-state index is 0.0464. The average Bonchev–Trinajstić information content (AvgIpc) is 3.55. The number of carbonyl (C=O) groups is 1. The Bertz CT molecular complexity index is 1430. The van der Waals surface area contributed by atoms with Crippen LogP contribution in [0.2, 0.25) is 0 Å². The van der Waals surface area contributed by atoms with Gasteiger partial charge in [0.05, 0.1) is 17.1 Å². The molecule has 4 heterocycles. The Labute approximate surface area is 207 Å². The number of nitrogens with one attached hydrogen (secondary N) is 3. The lowest BCUT2D eigenvalue weighted by molar-refractivity contribution is -0.0506. The van der Waals surface area contributed by atoms with Crippen molar-refractivity contribution in [1.29, 1.82) is 0 Å². The average molecular weight is 485 g/mol. The molecule has 10 heteroatoms. The second-order valence-electron chi connectivity index (χ2n) is 10.5. The number of rotatable bonds is 6. The summed E-state index contributed by atoms with van der Waals surface area (Å²) in [5.74, 6) is 2.38. The zero-order valence-electron chi connectivity index (χ0n) is 20.1. The zero-order chi connectivity index (χ0) is 24.3. The third kappa shape index (κ3) is 3.77. The van der Waals surface area contributed by atoms with Crippen molar-refractivity contribution in [3.8, 4) is 11.4 Å². The Morgan fingerprint density at radius 3 is 2.83 bits per heavy atom. The molecule has 4 fully saturated rings. The van der Waals surface area contributed by atoms with Crippen molar-refractivity contribution in [2.75, 3.05) is 5.32 Å². The van der Waals surface area contributed by atoms with Crippen LogP contribution < -0.4 is 10.6 Å². The van der Waals surface area contributed by atoms with Gasteiger partial charge in [0.2, 0.25) is 5.95 Å². The highest BCUT2D eigenvalue weighted by Crippen LogP contribution is 2.57. The summed E-state index contributed by atoms with van der Waals surface area (Å²) in [5, 5.41) is 14.1. The molecule has 4 saturated carbocycles. The number of alkyl carbamates (subject to hydrolysis) is 1. The Morgan fingerprint density at radius 2 is 2.06 bits per heavy atom. The van der Waals surface area contributed by atoms with E-state index in [-0.39, 0.29) is 23.7 Å². The van der Waals surface area contributed by atoms with Crippen molar-refractivity contribution in [3.05, 3.63) is 54.1 Å². The van der Waals surface area contributed by atoms with E-state index in [1.807, 2.05) is 47.9 Å². The normalized spacial score (nSPS) is 26.3. The van der Waals surface area contributed by atoms with Crippen LogP contribution in [0.5, 0.6) is 0 Å². The number of H-pyrrole nitrogens is 1. The van der Waals surface area contributed by atoms with Gasteiger partial charge in [0, 0.05) is 41.7 Å². The van der Waals surface area contributed by atoms with Crippen LogP contribution in [0, 0.1) is 12.8 Å². The first kappa shape index (κ1) is 21.3. The molecule has 2 bridgehead atoms. The quantitative estimate of drug-likeness (QED) is 0.369. The van der Waals surface area contributed by atoms with Crippen LogP contribution in [0.3, 0.4) is 0 Å². The summed E-state index contributed by atoms with van der Waals surface area (Å²) in [4.78, 5) is 26.2. The van der Waals surface area contributed by atoms with E-state index >= 15 is 0 Å². The fraction of sp³-hybridized carbons (Fsp3) is 0.423. The minimum atomic E-state index is -0.260. The Balaban J connectivity index is 1.05. The van der Waals surface area contributed by atoms with Crippen molar-refractivity contribution in [3.63, 3.8) is 0 Å². The lowest BCUT2D eigenvalue weighted by Gasteiger charge is -2.61. The lowest BCUT2D eigenvalue weighted by atomic mass is 9.50. The number of hydrogen-bond donors (Lipinski definition) is 3. The molecule has 184 valence electrons. The molecule has 4 aromatic heterocycles. The number of nitrogens with zero attached hydrogens (tertiary/aromatic N) is 5. The highest BCUT2D eigenvalue weighted by Gasteiger charge is 2.57. The van der Waals surface area contributed by atoms with Crippen molar-refractivity contribution < 1.29 is 9.53 Å². The fourth-order valence-electron chi connectivity index (χ4n) is 5.93. The summed E-state index contributed by atoms with van der Waals surface area (Å²) >= 11 is 0. The Morgan fingerprint density at radius 1 is 1.17 bits per heavy atom. The second-order valence-corrected chi connectivity index (χ2v) is 10.5. The molecular formula is C26H28N8O2. The third-order valence-corrected chi connectivity index (χ3v) is 7.84. The molecule has 2 atom stereocenters. The van der Waals surface area contributed by atoms with Gasteiger partial charge in [0.1, 0.15) is 11.8 Å². The van der Waals surface area contributed by atoms with Gasteiger partial charge in [-0.25, -0.2) is 14.8 Å². The van der Waals surface area contributed by atoms with E-state index in [1.54, 1.807) is 6.20 Å². The van der Waals surface area contributed by atoms with Gasteiger partial charge in [0.25, 0.3) is 0 Å². The predicted molar refractivity (Wildman–Crippen MR) is 133 cm³/mol. The van der Waals surface area contributed by atoms with Gasteiger partial charge in [-0.1, -0.05) is 6.07 Å². The predicted octanol–water partition coefficient (Wildman–Crippen LogP) is 4.48. The van der Waals surface area contributed by atoms with Crippen LogP contribution in [-0.4, -0.2) is 47.3 Å². The number of imidazole rings is 1. The molecule has 8 rings (SSSR count). The Hall–Kier alpha value is -3.95. The molecule has 4 aliphatic rings. The summed E-state index contributed by atoms with van der Waals surface area (Å²) in [6.45, 7) is 1.96. The number of amides is 1. The molecule has 36 heavy (non-hydrogen) atoms. The maximum atomic E-state index is 12.3. The largest absolute Gasteiger partial charge is 0.446 e. The maximum absolute atomic E-state index is 12.3. The molecular weight excluding hydrogens is 456 g/mol. The van der Waals surface area contributed by atoms with Crippen LogP contribution in [0.15, 0.2) is 42.7 Å². The number of aryl methyl sites for hydroxylation is 1. The van der Waals surface area contributed by atoms with Gasteiger partial charge >= 0.3 is 6.09 Å². The molecule has 2 unspecified atom stereocenters. The van der Waals surface area contributed by atoms with E-state index in [1.165, 1.54) is 0 Å². The molecule has 10 nitrogen and oxygen atoms in total. The molecule has 0 aliphatic heterocycles. The molecule has 4 aromatic rings. The monoisotopic (exact) mass is 484 g/mol. The van der Waals surface area contributed by atoms with Gasteiger partial charge in [0.15, 0.2) is 5.82 Å².